The molecule has 1 fully saturated rings. The molecule has 1 aliphatic rings. The first-order valence-corrected chi connectivity index (χ1v) is 6.14. The second-order valence-corrected chi connectivity index (χ2v) is 4.51. The van der Waals surface area contributed by atoms with E-state index in [0.717, 1.165) is 18.4 Å². The molecule has 0 unspecified atom stereocenters. The molecule has 4 heteroatoms. The van der Waals surface area contributed by atoms with Crippen LogP contribution in [0.5, 0.6) is 0 Å². The number of carbonyl (C=O) groups is 1. The number of hydrogen-bond acceptors (Lipinski definition) is 3. The molecule has 4 nitrogen and oxygen atoms in total. The normalized spacial score (nSPS) is 16.8. The van der Waals surface area contributed by atoms with E-state index in [1.807, 2.05) is 6.07 Å². The molecule has 1 aromatic rings. The first-order valence-electron chi connectivity index (χ1n) is 6.14. The summed E-state index contributed by atoms with van der Waals surface area (Å²) in [6.07, 6.45) is 7.54. The van der Waals surface area contributed by atoms with Crippen LogP contribution in [0.4, 0.5) is 5.82 Å². The first kappa shape index (κ1) is 11.9. The fraction of sp³-hybridized carbons (Fsp3) is 0.538. The van der Waals surface area contributed by atoms with E-state index in [4.69, 9.17) is 0 Å². The van der Waals surface area contributed by atoms with E-state index >= 15 is 0 Å². The number of rotatable bonds is 3. The Balaban J connectivity index is 2.40. The van der Waals surface area contributed by atoms with E-state index in [-0.39, 0.29) is 0 Å². The maximum absolute atomic E-state index is 11.4. The molecule has 2 N–H and O–H groups in total. The van der Waals surface area contributed by atoms with Crippen LogP contribution in [-0.2, 0) is 0 Å². The number of carboxylic acid groups (broad SMARTS) is 1. The number of nitrogens with one attached hydrogen (secondary N) is 1. The van der Waals surface area contributed by atoms with E-state index in [0.29, 0.717) is 17.3 Å². The predicted octanol–water partition coefficient (Wildman–Crippen LogP) is 2.87. The molecule has 1 heterocycles. The van der Waals surface area contributed by atoms with Gasteiger partial charge < -0.3 is 10.4 Å². The summed E-state index contributed by atoms with van der Waals surface area (Å²) in [7, 11) is 1.71. The van der Waals surface area contributed by atoms with Crippen molar-refractivity contribution in [1.82, 2.24) is 4.98 Å². The third kappa shape index (κ3) is 2.40. The van der Waals surface area contributed by atoms with Crippen LogP contribution in [0.15, 0.2) is 12.3 Å². The van der Waals surface area contributed by atoms with Gasteiger partial charge in [0.25, 0.3) is 0 Å². The SMILES string of the molecule is CNc1nccc(C2CCCCC2)c1C(=O)O. The molecule has 92 valence electrons. The highest BCUT2D eigenvalue weighted by Crippen LogP contribution is 2.35. The van der Waals surface area contributed by atoms with Gasteiger partial charge in [-0.15, -0.1) is 0 Å². The van der Waals surface area contributed by atoms with Crippen molar-refractivity contribution >= 4 is 11.8 Å². The maximum atomic E-state index is 11.4. The van der Waals surface area contributed by atoms with E-state index in [9.17, 15) is 9.90 Å². The standard InChI is InChI=1S/C13H18N2O2/c1-14-12-11(13(16)17)10(7-8-15-12)9-5-3-2-4-6-9/h7-9H,2-6H2,1H3,(H,14,15)(H,16,17). The van der Waals surface area contributed by atoms with Crippen molar-refractivity contribution < 1.29 is 9.90 Å². The minimum atomic E-state index is -0.886. The summed E-state index contributed by atoms with van der Waals surface area (Å²) in [5.74, 6) is -0.0338. The Hall–Kier alpha value is -1.58. The molecule has 0 spiro atoms. The number of pyridine rings is 1. The summed E-state index contributed by atoms with van der Waals surface area (Å²) in [6, 6.07) is 1.86. The fourth-order valence-electron chi connectivity index (χ4n) is 2.64. The first-order chi connectivity index (χ1) is 8.24. The van der Waals surface area contributed by atoms with E-state index in [1.54, 1.807) is 13.2 Å². The molecule has 1 aromatic heterocycles. The predicted molar refractivity (Wildman–Crippen MR) is 66.6 cm³/mol. The van der Waals surface area contributed by atoms with Crippen molar-refractivity contribution in [2.75, 3.05) is 12.4 Å². The van der Waals surface area contributed by atoms with Gasteiger partial charge in [0.05, 0.1) is 0 Å². The van der Waals surface area contributed by atoms with Crippen LogP contribution in [0.25, 0.3) is 0 Å². The van der Waals surface area contributed by atoms with Crippen molar-refractivity contribution in [3.8, 4) is 0 Å². The summed E-state index contributed by atoms with van der Waals surface area (Å²) < 4.78 is 0. The minimum Gasteiger partial charge on any atom is -0.478 e. The van der Waals surface area contributed by atoms with Crippen molar-refractivity contribution in [3.63, 3.8) is 0 Å². The molecule has 0 saturated heterocycles. The highest BCUT2D eigenvalue weighted by atomic mass is 16.4. The van der Waals surface area contributed by atoms with E-state index < -0.39 is 5.97 Å². The molecule has 2 rings (SSSR count). The lowest BCUT2D eigenvalue weighted by Gasteiger charge is -2.24. The van der Waals surface area contributed by atoms with Gasteiger partial charge >= 0.3 is 5.97 Å². The molecule has 0 amide bonds. The third-order valence-electron chi connectivity index (χ3n) is 3.48. The molecule has 0 aromatic carbocycles. The van der Waals surface area contributed by atoms with E-state index in [2.05, 4.69) is 10.3 Å². The summed E-state index contributed by atoms with van der Waals surface area (Å²) in [5.41, 5.74) is 1.29. The van der Waals surface area contributed by atoms with Gasteiger partial charge in [0.1, 0.15) is 11.4 Å². The molecule has 0 atom stereocenters. The zero-order valence-electron chi connectivity index (χ0n) is 10.1. The van der Waals surface area contributed by atoms with Gasteiger partial charge in [0.2, 0.25) is 0 Å². The van der Waals surface area contributed by atoms with Crippen LogP contribution >= 0.6 is 0 Å². The second kappa shape index (κ2) is 5.17. The molecule has 17 heavy (non-hydrogen) atoms. The van der Waals surface area contributed by atoms with Crippen molar-refractivity contribution in [3.05, 3.63) is 23.4 Å². The fourth-order valence-corrected chi connectivity index (χ4v) is 2.64. The number of hydrogen-bond donors (Lipinski definition) is 2. The van der Waals surface area contributed by atoms with Crippen LogP contribution < -0.4 is 5.32 Å². The number of aromatic nitrogens is 1. The van der Waals surface area contributed by atoms with Crippen LogP contribution in [0.2, 0.25) is 0 Å². The van der Waals surface area contributed by atoms with Gasteiger partial charge in [-0.05, 0) is 30.4 Å². The zero-order chi connectivity index (χ0) is 12.3. The van der Waals surface area contributed by atoms with Gasteiger partial charge in [-0.2, -0.15) is 0 Å². The highest BCUT2D eigenvalue weighted by molar-refractivity contribution is 5.95. The largest absolute Gasteiger partial charge is 0.478 e. The van der Waals surface area contributed by atoms with Crippen LogP contribution in [0.3, 0.4) is 0 Å². The summed E-state index contributed by atoms with van der Waals surface area (Å²) in [4.78, 5) is 15.4. The second-order valence-electron chi connectivity index (χ2n) is 4.51. The smallest absolute Gasteiger partial charge is 0.339 e. The van der Waals surface area contributed by atoms with Crippen LogP contribution in [0.1, 0.15) is 53.9 Å². The summed E-state index contributed by atoms with van der Waals surface area (Å²) in [6.45, 7) is 0. The monoisotopic (exact) mass is 234 g/mol. The molecule has 1 aliphatic carbocycles. The van der Waals surface area contributed by atoms with Gasteiger partial charge in [0, 0.05) is 13.2 Å². The Kier molecular flexibility index (Phi) is 3.61. The Labute approximate surface area is 101 Å². The number of aromatic carboxylic acids is 1. The molecular weight excluding hydrogens is 216 g/mol. The van der Waals surface area contributed by atoms with Gasteiger partial charge in [-0.1, -0.05) is 19.3 Å². The lowest BCUT2D eigenvalue weighted by atomic mass is 9.82. The average Bonchev–Trinajstić information content (AvgIpc) is 2.38. The van der Waals surface area contributed by atoms with Crippen LogP contribution in [0, 0.1) is 0 Å². The molecular formula is C13H18N2O2. The van der Waals surface area contributed by atoms with Crippen LogP contribution in [-0.4, -0.2) is 23.1 Å². The zero-order valence-corrected chi connectivity index (χ0v) is 10.1. The third-order valence-corrected chi connectivity index (χ3v) is 3.48. The maximum Gasteiger partial charge on any atom is 0.339 e. The molecule has 0 radical (unpaired) electrons. The highest BCUT2D eigenvalue weighted by Gasteiger charge is 2.23. The van der Waals surface area contributed by atoms with Gasteiger partial charge in [-0.3, -0.25) is 0 Å². The number of nitrogens with zero attached hydrogens (tertiary/aromatic N) is 1. The molecule has 1 saturated carbocycles. The Bertz CT molecular complexity index is 412. The number of carboxylic acids is 1. The molecule has 0 bridgehead atoms. The lowest BCUT2D eigenvalue weighted by molar-refractivity contribution is 0.0695. The summed E-state index contributed by atoms with van der Waals surface area (Å²) >= 11 is 0. The van der Waals surface area contributed by atoms with E-state index in [1.165, 1.54) is 19.3 Å². The lowest BCUT2D eigenvalue weighted by Crippen LogP contribution is -2.13. The van der Waals surface area contributed by atoms with Gasteiger partial charge in [0.15, 0.2) is 0 Å². The Morgan fingerprint density at radius 3 is 2.71 bits per heavy atom. The Morgan fingerprint density at radius 1 is 1.41 bits per heavy atom. The van der Waals surface area contributed by atoms with Gasteiger partial charge in [-0.25, -0.2) is 9.78 Å². The quantitative estimate of drug-likeness (QED) is 0.844. The van der Waals surface area contributed by atoms with Crippen molar-refractivity contribution in [2.45, 2.75) is 38.0 Å². The topological polar surface area (TPSA) is 62.2 Å². The number of anilines is 1. The minimum absolute atomic E-state index is 0.349. The van der Waals surface area contributed by atoms with Crippen molar-refractivity contribution in [1.29, 1.82) is 0 Å². The Morgan fingerprint density at radius 2 is 2.12 bits per heavy atom. The summed E-state index contributed by atoms with van der Waals surface area (Å²) in [5, 5.41) is 12.2. The average molecular weight is 234 g/mol. The molecule has 0 aliphatic heterocycles. The van der Waals surface area contributed by atoms with Crippen molar-refractivity contribution in [2.24, 2.45) is 0 Å².